The molecule has 5 heterocycles. The SMILES string of the molecule is C=CCn1c(=O)c2cnc(Nc3ccc(N4CCC(N(C)C(=O)CCCNc5ccc(C=O)c(C(=O)N(C)C6CCC(=O)NC6=O)c5)CC4)cc3)nc2n1-c1ccc2c(n1)C(O)CC2.CC. The summed E-state index contributed by atoms with van der Waals surface area (Å²) in [6.07, 6.45) is 7.28. The summed E-state index contributed by atoms with van der Waals surface area (Å²) in [5.74, 6) is -0.602. The molecule has 0 bridgehead atoms. The van der Waals surface area contributed by atoms with Gasteiger partial charge in [0, 0.05) is 81.4 Å². The Morgan fingerprint density at radius 1 is 0.939 bits per heavy atom. The smallest absolute Gasteiger partial charge is 0.278 e. The van der Waals surface area contributed by atoms with Crippen LogP contribution in [-0.2, 0) is 27.3 Å². The summed E-state index contributed by atoms with van der Waals surface area (Å²) in [4.78, 5) is 95.0. The number of fused-ring (bicyclic) bond motifs is 2. The van der Waals surface area contributed by atoms with Crippen LogP contribution in [0.25, 0.3) is 16.9 Å². The van der Waals surface area contributed by atoms with Gasteiger partial charge in [-0.3, -0.25) is 34.1 Å². The quantitative estimate of drug-likeness (QED) is 0.0476. The topological polar surface area (TPSA) is 217 Å². The summed E-state index contributed by atoms with van der Waals surface area (Å²) in [6.45, 7) is 10.1. The number of aliphatic hydroxyl groups is 1. The number of hydrogen-bond acceptors (Lipinski definition) is 13. The predicted octanol–water partition coefficient (Wildman–Crippen LogP) is 4.92. The number of benzene rings is 2. The lowest BCUT2D eigenvalue weighted by Crippen LogP contribution is -2.53. The van der Waals surface area contributed by atoms with Crippen LogP contribution < -0.4 is 26.4 Å². The van der Waals surface area contributed by atoms with E-state index in [4.69, 9.17) is 9.97 Å². The fourth-order valence-electron chi connectivity index (χ4n) is 8.73. The Bertz CT molecular complexity index is 2690. The fourth-order valence-corrected chi connectivity index (χ4v) is 8.73. The monoisotopic (exact) mass is 899 g/mol. The van der Waals surface area contributed by atoms with E-state index in [1.54, 1.807) is 29.0 Å². The van der Waals surface area contributed by atoms with Crippen molar-refractivity contribution in [1.29, 1.82) is 0 Å². The molecule has 4 amide bonds. The van der Waals surface area contributed by atoms with E-state index in [1.807, 2.05) is 62.2 Å². The molecule has 2 aromatic carbocycles. The molecule has 0 spiro atoms. The number of piperidine rings is 2. The molecule has 18 heteroatoms. The maximum absolute atomic E-state index is 13.4. The van der Waals surface area contributed by atoms with Crippen molar-refractivity contribution in [3.63, 3.8) is 0 Å². The van der Waals surface area contributed by atoms with Gasteiger partial charge in [-0.2, -0.15) is 4.98 Å². The van der Waals surface area contributed by atoms with Crippen LogP contribution in [0.5, 0.6) is 0 Å². The molecule has 4 N–H and O–H groups in total. The molecule has 8 rings (SSSR count). The molecule has 2 unspecified atom stereocenters. The lowest BCUT2D eigenvalue weighted by atomic mass is 10.0. The van der Waals surface area contributed by atoms with Gasteiger partial charge >= 0.3 is 0 Å². The zero-order valence-corrected chi connectivity index (χ0v) is 37.8. The number of aryl methyl sites for hydroxylation is 1. The van der Waals surface area contributed by atoms with Crippen LogP contribution >= 0.6 is 0 Å². The molecule has 0 saturated carbocycles. The summed E-state index contributed by atoms with van der Waals surface area (Å²) >= 11 is 0. The first-order valence-corrected chi connectivity index (χ1v) is 22.5. The van der Waals surface area contributed by atoms with Crippen LogP contribution in [0.1, 0.15) is 96.9 Å². The second-order valence-electron chi connectivity index (χ2n) is 16.4. The number of aldehydes is 1. The van der Waals surface area contributed by atoms with Gasteiger partial charge in [0.15, 0.2) is 17.8 Å². The predicted molar refractivity (Wildman–Crippen MR) is 251 cm³/mol. The lowest BCUT2D eigenvalue weighted by molar-refractivity contribution is -0.136. The average molecular weight is 900 g/mol. The van der Waals surface area contributed by atoms with E-state index in [2.05, 4.69) is 32.4 Å². The van der Waals surface area contributed by atoms with Gasteiger partial charge < -0.3 is 30.4 Å². The van der Waals surface area contributed by atoms with Crippen molar-refractivity contribution in [3.8, 4) is 5.82 Å². The van der Waals surface area contributed by atoms with Gasteiger partial charge in [0.05, 0.1) is 23.9 Å². The Labute approximate surface area is 382 Å². The Morgan fingerprint density at radius 2 is 1.68 bits per heavy atom. The minimum Gasteiger partial charge on any atom is -0.387 e. The first kappa shape index (κ1) is 46.8. The van der Waals surface area contributed by atoms with Gasteiger partial charge in [0.1, 0.15) is 11.4 Å². The maximum atomic E-state index is 13.4. The zero-order chi connectivity index (χ0) is 47.1. The number of anilines is 4. The van der Waals surface area contributed by atoms with Crippen LogP contribution in [0.3, 0.4) is 0 Å². The summed E-state index contributed by atoms with van der Waals surface area (Å²) in [5, 5.41) is 19.6. The number of hydrogen-bond donors (Lipinski definition) is 4. The number of carbonyl (C=O) groups excluding carboxylic acids is 5. The molecule has 18 nitrogen and oxygen atoms in total. The molecule has 346 valence electrons. The molecule has 3 aromatic heterocycles. The van der Waals surface area contributed by atoms with E-state index in [0.717, 1.165) is 49.3 Å². The Kier molecular flexibility index (Phi) is 14.7. The third-order valence-electron chi connectivity index (χ3n) is 12.4. The summed E-state index contributed by atoms with van der Waals surface area (Å²) in [6, 6.07) is 15.8. The lowest BCUT2D eigenvalue weighted by Gasteiger charge is -2.38. The van der Waals surface area contributed by atoms with Gasteiger partial charge in [-0.05, 0) is 92.6 Å². The summed E-state index contributed by atoms with van der Waals surface area (Å²) in [5.41, 5.74) is 4.46. The van der Waals surface area contributed by atoms with Crippen molar-refractivity contribution in [1.82, 2.24) is 39.4 Å². The van der Waals surface area contributed by atoms with Crippen LogP contribution in [0.2, 0.25) is 0 Å². The second kappa shape index (κ2) is 20.7. The molecule has 66 heavy (non-hydrogen) atoms. The van der Waals surface area contributed by atoms with E-state index in [1.165, 1.54) is 22.8 Å². The molecule has 2 fully saturated rings. The number of aliphatic hydroxyl groups excluding tert-OH is 1. The van der Waals surface area contributed by atoms with Crippen LogP contribution in [0, 0.1) is 0 Å². The Morgan fingerprint density at radius 3 is 2.39 bits per heavy atom. The third-order valence-corrected chi connectivity index (χ3v) is 12.4. The van der Waals surface area contributed by atoms with Crippen molar-refractivity contribution in [2.75, 3.05) is 49.3 Å². The van der Waals surface area contributed by atoms with Gasteiger partial charge in [-0.1, -0.05) is 26.0 Å². The van der Waals surface area contributed by atoms with E-state index < -0.39 is 24.0 Å². The summed E-state index contributed by atoms with van der Waals surface area (Å²) < 4.78 is 3.16. The minimum absolute atomic E-state index is 0.0470. The number of likely N-dealkylation sites (N-methyl/N-ethyl adjacent to an activating group) is 1. The van der Waals surface area contributed by atoms with Gasteiger partial charge in [0.25, 0.3) is 11.5 Å². The fraction of sp³-hybridized carbons (Fsp3) is 0.396. The molecular weight excluding hydrogens is 843 g/mol. The van der Waals surface area contributed by atoms with Crippen molar-refractivity contribution in [2.24, 2.45) is 0 Å². The standard InChI is InChI=1S/C46H51N11O7.C2H6/c1-4-22-56-45(64)35-26-48-46(52-42(35)57(56)38-17-9-28-8-16-37(59)41(28)50-38)49-30-11-13-33(14-12-30)55-23-19-32(20-24-55)53(2)40(61)6-5-21-47-31-10-7-29(27-58)34(25-31)44(63)54(3)36-15-18-39(60)51-43(36)62;1-2/h4,7,9-14,17,25-27,32,36-37,47,59H,1,5-6,8,15-16,18-24H2,2-3H3,(H,48,49,52)(H,51,60,62);1-2H3. The highest BCUT2D eigenvalue weighted by Crippen LogP contribution is 2.31. The average Bonchev–Trinajstić information content (AvgIpc) is 3.84. The van der Waals surface area contributed by atoms with E-state index >= 15 is 0 Å². The molecule has 3 aliphatic rings. The molecule has 2 atom stereocenters. The van der Waals surface area contributed by atoms with Crippen LogP contribution in [-0.4, -0.2) is 115 Å². The molecule has 1 aliphatic carbocycles. The highest BCUT2D eigenvalue weighted by Gasteiger charge is 2.33. The minimum atomic E-state index is -0.818. The molecule has 2 aliphatic heterocycles. The first-order chi connectivity index (χ1) is 31.9. The number of allylic oxidation sites excluding steroid dienone is 1. The van der Waals surface area contributed by atoms with Crippen LogP contribution in [0.15, 0.2) is 78.2 Å². The number of imide groups is 1. The van der Waals surface area contributed by atoms with Crippen LogP contribution in [0.4, 0.5) is 23.0 Å². The number of aromatic nitrogens is 5. The highest BCUT2D eigenvalue weighted by molar-refractivity contribution is 6.06. The van der Waals surface area contributed by atoms with Gasteiger partial charge in [-0.15, -0.1) is 6.58 Å². The molecule has 2 saturated heterocycles. The van der Waals surface area contributed by atoms with Gasteiger partial charge in [0.2, 0.25) is 23.7 Å². The number of amides is 4. The maximum Gasteiger partial charge on any atom is 0.278 e. The molecular formula is C48H57N11O7. The summed E-state index contributed by atoms with van der Waals surface area (Å²) in [7, 11) is 3.33. The second-order valence-corrected chi connectivity index (χ2v) is 16.4. The number of carbonyl (C=O) groups is 5. The van der Waals surface area contributed by atoms with Crippen molar-refractivity contribution < 1.29 is 29.1 Å². The van der Waals surface area contributed by atoms with E-state index in [-0.39, 0.29) is 53.9 Å². The number of rotatable bonds is 15. The van der Waals surface area contributed by atoms with E-state index in [9.17, 15) is 33.9 Å². The van der Waals surface area contributed by atoms with Crippen molar-refractivity contribution in [3.05, 3.63) is 106 Å². The normalized spacial score (nSPS) is 17.0. The van der Waals surface area contributed by atoms with E-state index in [0.29, 0.717) is 66.3 Å². The number of pyridine rings is 1. The highest BCUT2D eigenvalue weighted by atomic mass is 16.3. The Hall–Kier alpha value is -7.21. The Balaban J connectivity index is 0.00000320. The first-order valence-electron chi connectivity index (χ1n) is 22.5. The van der Waals surface area contributed by atoms with Crippen molar-refractivity contribution >= 4 is 64.0 Å². The third kappa shape index (κ3) is 9.88. The van der Waals surface area contributed by atoms with Crippen molar-refractivity contribution in [2.45, 2.75) is 89.9 Å². The number of nitrogens with zero attached hydrogens (tertiary/aromatic N) is 8. The number of nitrogens with one attached hydrogen (secondary N) is 3. The largest absolute Gasteiger partial charge is 0.387 e. The van der Waals surface area contributed by atoms with Gasteiger partial charge in [-0.25, -0.2) is 19.3 Å². The molecule has 0 radical (unpaired) electrons. The zero-order valence-electron chi connectivity index (χ0n) is 37.8. The molecule has 5 aromatic rings.